The summed E-state index contributed by atoms with van der Waals surface area (Å²) < 4.78 is 0. The molecule has 1 aliphatic rings. The van der Waals surface area contributed by atoms with E-state index in [9.17, 15) is 14.4 Å². The van der Waals surface area contributed by atoms with E-state index in [1.165, 1.54) is 0 Å². The summed E-state index contributed by atoms with van der Waals surface area (Å²) >= 11 is 0. The number of benzene rings is 5. The Balaban J connectivity index is 0.000000200. The van der Waals surface area contributed by atoms with Crippen LogP contribution in [0.15, 0.2) is 122 Å². The molecule has 1 aliphatic heterocycles. The molecule has 5 aromatic carbocycles. The second-order valence-electron chi connectivity index (χ2n) is 11.0. The van der Waals surface area contributed by atoms with Crippen molar-refractivity contribution in [2.45, 2.75) is 20.3 Å². The van der Waals surface area contributed by atoms with Crippen molar-refractivity contribution < 1.29 is 14.4 Å². The average molecular weight is 606 g/mol. The summed E-state index contributed by atoms with van der Waals surface area (Å²) in [7, 11) is 0. The Labute approximate surface area is 269 Å². The van der Waals surface area contributed by atoms with E-state index in [1.54, 1.807) is 30.3 Å². The molecule has 5 aromatic rings. The largest absolute Gasteiger partial charge is 0.326 e. The maximum Gasteiger partial charge on any atom is 0.255 e. The molecule has 0 spiro atoms. The monoisotopic (exact) mass is 605 g/mol. The molecule has 6 rings (SSSR count). The lowest BCUT2D eigenvalue weighted by atomic mass is 10.1. The maximum absolute atomic E-state index is 12.4. The van der Waals surface area contributed by atoms with E-state index in [1.807, 2.05) is 117 Å². The van der Waals surface area contributed by atoms with Gasteiger partial charge in [0.15, 0.2) is 0 Å². The van der Waals surface area contributed by atoms with Crippen molar-refractivity contribution >= 4 is 53.0 Å². The van der Waals surface area contributed by atoms with Crippen LogP contribution in [0.1, 0.15) is 54.1 Å². The summed E-state index contributed by atoms with van der Waals surface area (Å²) in [4.78, 5) is 35.9. The van der Waals surface area contributed by atoms with Crippen LogP contribution < -0.4 is 16.0 Å². The lowest BCUT2D eigenvalue weighted by Gasteiger charge is -2.09. The first kappa shape index (κ1) is 31.4. The summed E-state index contributed by atoms with van der Waals surface area (Å²) in [5, 5.41) is 8.77. The molecule has 6 heteroatoms. The third kappa shape index (κ3) is 8.12. The molecule has 1 heterocycles. The van der Waals surface area contributed by atoms with E-state index in [2.05, 4.69) is 22.5 Å². The minimum Gasteiger partial charge on any atom is -0.326 e. The second-order valence-corrected chi connectivity index (χ2v) is 11.0. The normalized spacial score (nSPS) is 11.6. The Hall–Kier alpha value is -6.01. The molecular formula is C40H35N3O3. The van der Waals surface area contributed by atoms with E-state index < -0.39 is 0 Å². The Bertz CT molecular complexity index is 1930. The third-order valence-electron chi connectivity index (χ3n) is 7.55. The van der Waals surface area contributed by atoms with E-state index >= 15 is 0 Å². The standard InChI is InChI=1S/C24H20N2O2.C16H15NO/c1-16-7-8-17(13-21(16)26-24(28)19-5-3-2-4-6-19)9-10-18-11-12-20-15-23(27)25-22(20)14-18;1-3-13-10-9-12(2)15(11-13)17-16(18)14-7-5-4-6-8-14/h2-14H,15H2,1H3,(H,25,27)(H,26,28);3-11H,1H2,2H3,(H,17,18)/b10-9+;. The van der Waals surface area contributed by atoms with Crippen molar-refractivity contribution in [3.8, 4) is 0 Å². The first-order chi connectivity index (χ1) is 22.3. The zero-order valence-electron chi connectivity index (χ0n) is 25.8. The van der Waals surface area contributed by atoms with Gasteiger partial charge in [-0.15, -0.1) is 0 Å². The topological polar surface area (TPSA) is 87.3 Å². The van der Waals surface area contributed by atoms with E-state index in [0.717, 1.165) is 50.4 Å². The van der Waals surface area contributed by atoms with Gasteiger partial charge in [0.2, 0.25) is 5.91 Å². The zero-order valence-corrected chi connectivity index (χ0v) is 25.8. The average Bonchev–Trinajstić information content (AvgIpc) is 3.46. The smallest absolute Gasteiger partial charge is 0.255 e. The van der Waals surface area contributed by atoms with Gasteiger partial charge in [-0.3, -0.25) is 14.4 Å². The summed E-state index contributed by atoms with van der Waals surface area (Å²) in [6.45, 7) is 7.66. The number of carbonyl (C=O) groups excluding carboxylic acids is 3. The Morgan fingerprint density at radius 2 is 1.13 bits per heavy atom. The highest BCUT2D eigenvalue weighted by Crippen LogP contribution is 2.26. The van der Waals surface area contributed by atoms with Gasteiger partial charge in [0.05, 0.1) is 6.42 Å². The molecule has 3 N–H and O–H groups in total. The first-order valence-corrected chi connectivity index (χ1v) is 15.0. The number of rotatable bonds is 7. The van der Waals surface area contributed by atoms with Crippen LogP contribution >= 0.6 is 0 Å². The first-order valence-electron chi connectivity index (χ1n) is 15.0. The predicted molar refractivity (Wildman–Crippen MR) is 189 cm³/mol. The molecule has 3 amide bonds. The Morgan fingerprint density at radius 1 is 0.652 bits per heavy atom. The van der Waals surface area contributed by atoms with Crippen LogP contribution in [0, 0.1) is 13.8 Å². The molecule has 0 saturated heterocycles. The van der Waals surface area contributed by atoms with Crippen molar-refractivity contribution in [1.82, 2.24) is 0 Å². The van der Waals surface area contributed by atoms with Gasteiger partial charge in [-0.1, -0.05) is 97.6 Å². The van der Waals surface area contributed by atoms with Crippen LogP contribution in [0.3, 0.4) is 0 Å². The molecule has 228 valence electrons. The highest BCUT2D eigenvalue weighted by Gasteiger charge is 2.16. The number of carbonyl (C=O) groups is 3. The third-order valence-corrected chi connectivity index (χ3v) is 7.55. The minimum atomic E-state index is -0.126. The van der Waals surface area contributed by atoms with E-state index in [-0.39, 0.29) is 17.7 Å². The fraction of sp³-hybridized carbons (Fsp3) is 0.0750. The van der Waals surface area contributed by atoms with Gasteiger partial charge in [-0.05, 0) is 89.7 Å². The highest BCUT2D eigenvalue weighted by atomic mass is 16.2. The van der Waals surface area contributed by atoms with Crippen LogP contribution in [0.25, 0.3) is 18.2 Å². The number of aryl methyl sites for hydroxylation is 2. The van der Waals surface area contributed by atoms with Crippen molar-refractivity contribution in [2.75, 3.05) is 16.0 Å². The summed E-state index contributed by atoms with van der Waals surface area (Å²) in [6.07, 6.45) is 6.20. The molecule has 0 aliphatic carbocycles. The number of nitrogens with one attached hydrogen (secondary N) is 3. The quantitative estimate of drug-likeness (QED) is 0.162. The summed E-state index contributed by atoms with van der Waals surface area (Å²) in [5.41, 5.74) is 9.82. The van der Waals surface area contributed by atoms with Crippen molar-refractivity contribution in [3.63, 3.8) is 0 Å². The number of amides is 3. The van der Waals surface area contributed by atoms with Gasteiger partial charge < -0.3 is 16.0 Å². The molecule has 0 aromatic heterocycles. The van der Waals surface area contributed by atoms with Crippen LogP contribution in [0.5, 0.6) is 0 Å². The Kier molecular flexibility index (Phi) is 10.0. The van der Waals surface area contributed by atoms with Crippen molar-refractivity contribution in [3.05, 3.63) is 166 Å². The van der Waals surface area contributed by atoms with Gasteiger partial charge in [0.1, 0.15) is 0 Å². The zero-order chi connectivity index (χ0) is 32.5. The van der Waals surface area contributed by atoms with Crippen molar-refractivity contribution in [1.29, 1.82) is 0 Å². The number of hydrogen-bond donors (Lipinski definition) is 3. The molecule has 0 radical (unpaired) electrons. The molecule has 6 nitrogen and oxygen atoms in total. The van der Waals surface area contributed by atoms with Gasteiger partial charge in [-0.25, -0.2) is 0 Å². The number of anilines is 3. The number of fused-ring (bicyclic) bond motifs is 1. The van der Waals surface area contributed by atoms with Crippen LogP contribution in [-0.4, -0.2) is 17.7 Å². The van der Waals surface area contributed by atoms with Crippen molar-refractivity contribution in [2.24, 2.45) is 0 Å². The lowest BCUT2D eigenvalue weighted by molar-refractivity contribution is -0.115. The second kappa shape index (κ2) is 14.6. The summed E-state index contributed by atoms with van der Waals surface area (Å²) in [5.74, 6) is -0.187. The summed E-state index contributed by atoms with van der Waals surface area (Å²) in [6, 6.07) is 36.1. The molecule has 0 unspecified atom stereocenters. The fourth-order valence-corrected chi connectivity index (χ4v) is 4.88. The van der Waals surface area contributed by atoms with Crippen LogP contribution in [0.2, 0.25) is 0 Å². The predicted octanol–water partition coefficient (Wildman–Crippen LogP) is 8.80. The minimum absolute atomic E-state index is 0.0356. The maximum atomic E-state index is 12.4. The van der Waals surface area contributed by atoms with Gasteiger partial charge >= 0.3 is 0 Å². The molecule has 0 saturated carbocycles. The van der Waals surface area contributed by atoms with E-state index in [0.29, 0.717) is 17.5 Å². The van der Waals surface area contributed by atoms with Crippen LogP contribution in [0.4, 0.5) is 17.1 Å². The molecular weight excluding hydrogens is 570 g/mol. The van der Waals surface area contributed by atoms with E-state index in [4.69, 9.17) is 0 Å². The lowest BCUT2D eigenvalue weighted by Crippen LogP contribution is -2.12. The molecule has 0 atom stereocenters. The highest BCUT2D eigenvalue weighted by molar-refractivity contribution is 6.05. The van der Waals surface area contributed by atoms with Crippen LogP contribution in [-0.2, 0) is 11.2 Å². The number of hydrogen-bond acceptors (Lipinski definition) is 3. The SMILES string of the molecule is C=Cc1ccc(C)c(NC(=O)c2ccccc2)c1.Cc1ccc(/C=C/c2ccc3c(c2)NC(=O)C3)cc1NC(=O)c1ccccc1. The Morgan fingerprint density at radius 3 is 1.67 bits per heavy atom. The molecule has 46 heavy (non-hydrogen) atoms. The van der Waals surface area contributed by atoms with Gasteiger partial charge in [0, 0.05) is 28.2 Å². The molecule has 0 bridgehead atoms. The fourth-order valence-electron chi connectivity index (χ4n) is 4.88. The van der Waals surface area contributed by atoms with Gasteiger partial charge in [-0.2, -0.15) is 0 Å². The van der Waals surface area contributed by atoms with Gasteiger partial charge in [0.25, 0.3) is 11.8 Å². The molecule has 0 fully saturated rings.